The first-order valence-corrected chi connectivity index (χ1v) is 13.5. The van der Waals surface area contributed by atoms with Crippen LogP contribution in [0.4, 0.5) is 0 Å². The van der Waals surface area contributed by atoms with Crippen molar-refractivity contribution in [3.63, 3.8) is 0 Å². The molecule has 0 saturated carbocycles. The van der Waals surface area contributed by atoms with Gasteiger partial charge in [-0.15, -0.1) is 0 Å². The molecule has 0 aromatic carbocycles. The zero-order valence-electron chi connectivity index (χ0n) is 20.9. The van der Waals surface area contributed by atoms with Crippen LogP contribution in [0.5, 0.6) is 0 Å². The fourth-order valence-electron chi connectivity index (χ4n) is 3.95. The zero-order chi connectivity index (χ0) is 24.2. The Morgan fingerprint density at radius 2 is 1.30 bits per heavy atom. The fourth-order valence-corrected chi connectivity index (χ4v) is 3.95. The number of carbonyl (C=O) groups is 1. The minimum atomic E-state index is -1.14. The molecule has 7 heteroatoms. The molecule has 2 saturated heterocycles. The summed E-state index contributed by atoms with van der Waals surface area (Å²) in [5.41, 5.74) is 0. The maximum Gasteiger partial charge on any atom is 0.305 e. The largest absolute Gasteiger partial charge is 0.463 e. The van der Waals surface area contributed by atoms with Crippen LogP contribution < -0.4 is 0 Å². The molecule has 2 fully saturated rings. The molecule has 3 N–H and O–H groups in total. The average molecular weight is 475 g/mol. The van der Waals surface area contributed by atoms with E-state index < -0.39 is 24.4 Å². The molecule has 0 spiro atoms. The Bertz CT molecular complexity index is 455. The molecule has 2 rings (SSSR count). The van der Waals surface area contributed by atoms with Crippen LogP contribution in [0.25, 0.3) is 0 Å². The van der Waals surface area contributed by atoms with Crippen molar-refractivity contribution in [3.05, 3.63) is 0 Å². The van der Waals surface area contributed by atoms with E-state index in [-0.39, 0.29) is 19.2 Å². The number of rotatable bonds is 19. The van der Waals surface area contributed by atoms with Gasteiger partial charge in [-0.1, -0.05) is 96.8 Å². The van der Waals surface area contributed by atoms with Gasteiger partial charge in [0.15, 0.2) is 0 Å². The molecular formula is C26H50O7. The van der Waals surface area contributed by atoms with Crippen molar-refractivity contribution in [2.75, 3.05) is 26.4 Å². The summed E-state index contributed by atoms with van der Waals surface area (Å²) in [5, 5.41) is 29.0. The van der Waals surface area contributed by atoms with Crippen molar-refractivity contribution in [2.45, 2.75) is 134 Å². The van der Waals surface area contributed by atoms with Gasteiger partial charge in [0.25, 0.3) is 0 Å². The minimum absolute atomic E-state index is 0.0179. The quantitative estimate of drug-likeness (QED) is 0.146. The van der Waals surface area contributed by atoms with Gasteiger partial charge in [0, 0.05) is 6.42 Å². The highest BCUT2D eigenvalue weighted by molar-refractivity contribution is 5.69. The summed E-state index contributed by atoms with van der Waals surface area (Å²) in [4.78, 5) is 11.8. The predicted octanol–water partition coefficient (Wildman–Crippen LogP) is 4.29. The Morgan fingerprint density at radius 1 is 0.848 bits per heavy atom. The number of esters is 1. The van der Waals surface area contributed by atoms with E-state index >= 15 is 0 Å². The lowest BCUT2D eigenvalue weighted by atomic mass is 10.0. The Kier molecular flexibility index (Phi) is 18.9. The van der Waals surface area contributed by atoms with E-state index in [2.05, 4.69) is 11.7 Å². The SMILES string of the molecule is C1CO1.CCCCCCCCCCCCCCCCCC(=O)OC[C@@H](O)[C@H]1OC[C@H](O)[C@H]1O. The molecule has 0 aromatic rings. The molecule has 0 radical (unpaired) electrons. The number of hydrogen-bond donors (Lipinski definition) is 3. The summed E-state index contributed by atoms with van der Waals surface area (Å²) < 4.78 is 14.7. The molecular weight excluding hydrogens is 424 g/mol. The molecule has 0 bridgehead atoms. The maximum atomic E-state index is 11.8. The van der Waals surface area contributed by atoms with E-state index in [9.17, 15) is 20.1 Å². The second-order valence-electron chi connectivity index (χ2n) is 9.42. The summed E-state index contributed by atoms with van der Waals surface area (Å²) in [7, 11) is 0. The van der Waals surface area contributed by atoms with Crippen LogP contribution in [0.2, 0.25) is 0 Å². The van der Waals surface area contributed by atoms with Crippen molar-refractivity contribution in [3.8, 4) is 0 Å². The van der Waals surface area contributed by atoms with Crippen molar-refractivity contribution in [2.24, 2.45) is 0 Å². The van der Waals surface area contributed by atoms with Gasteiger partial charge >= 0.3 is 5.97 Å². The molecule has 2 aliphatic heterocycles. The summed E-state index contributed by atoms with van der Waals surface area (Å²) in [6, 6.07) is 0. The molecule has 2 heterocycles. The third-order valence-electron chi connectivity index (χ3n) is 6.17. The van der Waals surface area contributed by atoms with Crippen LogP contribution in [0.1, 0.15) is 110 Å². The van der Waals surface area contributed by atoms with E-state index in [1.165, 1.54) is 77.0 Å². The highest BCUT2D eigenvalue weighted by Crippen LogP contribution is 2.18. The fraction of sp³-hybridized carbons (Fsp3) is 0.962. The molecule has 0 unspecified atom stereocenters. The lowest BCUT2D eigenvalue weighted by Gasteiger charge is -2.20. The summed E-state index contributed by atoms with van der Waals surface area (Å²) >= 11 is 0. The number of aliphatic hydroxyl groups is 3. The number of ether oxygens (including phenoxy) is 3. The summed E-state index contributed by atoms with van der Waals surface area (Å²) in [5.74, 6) is -0.336. The van der Waals surface area contributed by atoms with E-state index in [4.69, 9.17) is 9.47 Å². The van der Waals surface area contributed by atoms with Crippen molar-refractivity contribution in [1.82, 2.24) is 0 Å². The third-order valence-corrected chi connectivity index (χ3v) is 6.17. The highest BCUT2D eigenvalue weighted by atomic mass is 16.6. The van der Waals surface area contributed by atoms with Gasteiger partial charge in [-0.2, -0.15) is 0 Å². The average Bonchev–Trinajstić information content (AvgIpc) is 3.66. The lowest BCUT2D eigenvalue weighted by molar-refractivity contribution is -0.151. The second-order valence-corrected chi connectivity index (χ2v) is 9.42. The van der Waals surface area contributed by atoms with Gasteiger partial charge < -0.3 is 29.5 Å². The van der Waals surface area contributed by atoms with E-state index in [0.29, 0.717) is 6.42 Å². The number of aliphatic hydroxyl groups excluding tert-OH is 3. The first-order valence-electron chi connectivity index (χ1n) is 13.5. The van der Waals surface area contributed by atoms with Crippen molar-refractivity contribution >= 4 is 5.97 Å². The van der Waals surface area contributed by atoms with Crippen LogP contribution in [-0.4, -0.2) is 72.1 Å². The standard InChI is InChI=1S/C24H46O6.C2H4O/c1-2-3-4-5-6-7-8-9-10-11-12-13-14-15-16-17-22(27)29-19-21(26)24-23(28)20(25)18-30-24;1-2-3-1/h20-21,23-26,28H,2-19H2,1H3;1-2H2/t20-,21+,23+,24+;/m0./s1. The van der Waals surface area contributed by atoms with E-state index in [1.807, 2.05) is 0 Å². The second kappa shape index (κ2) is 20.6. The van der Waals surface area contributed by atoms with Crippen LogP contribution >= 0.6 is 0 Å². The van der Waals surface area contributed by atoms with Gasteiger partial charge in [0.1, 0.15) is 31.0 Å². The molecule has 4 atom stereocenters. The first kappa shape index (κ1) is 30.3. The lowest BCUT2D eigenvalue weighted by Crippen LogP contribution is -2.41. The zero-order valence-corrected chi connectivity index (χ0v) is 20.9. The molecule has 196 valence electrons. The molecule has 33 heavy (non-hydrogen) atoms. The Balaban J connectivity index is 0.00000167. The van der Waals surface area contributed by atoms with Crippen LogP contribution in [0, 0.1) is 0 Å². The summed E-state index contributed by atoms with van der Waals surface area (Å²) in [6.45, 7) is 4.03. The van der Waals surface area contributed by atoms with Gasteiger partial charge in [-0.05, 0) is 6.42 Å². The van der Waals surface area contributed by atoms with Gasteiger partial charge in [0.05, 0.1) is 19.8 Å². The summed E-state index contributed by atoms with van der Waals surface area (Å²) in [6.07, 6.45) is 15.4. The molecule has 0 aliphatic carbocycles. The van der Waals surface area contributed by atoms with Gasteiger partial charge in [-0.25, -0.2) is 0 Å². The van der Waals surface area contributed by atoms with Gasteiger partial charge in [0.2, 0.25) is 0 Å². The Morgan fingerprint density at radius 3 is 1.70 bits per heavy atom. The monoisotopic (exact) mass is 474 g/mol. The van der Waals surface area contributed by atoms with Gasteiger partial charge in [-0.3, -0.25) is 4.79 Å². The number of epoxide rings is 1. The van der Waals surface area contributed by atoms with Crippen molar-refractivity contribution < 1.29 is 34.3 Å². The van der Waals surface area contributed by atoms with E-state index in [0.717, 1.165) is 32.5 Å². The molecule has 7 nitrogen and oxygen atoms in total. The number of unbranched alkanes of at least 4 members (excludes halogenated alkanes) is 14. The third kappa shape index (κ3) is 17.4. The van der Waals surface area contributed by atoms with Crippen molar-refractivity contribution in [1.29, 1.82) is 0 Å². The smallest absolute Gasteiger partial charge is 0.305 e. The first-order chi connectivity index (χ1) is 16.1. The normalized spacial score (nSPS) is 22.5. The van der Waals surface area contributed by atoms with E-state index in [1.54, 1.807) is 0 Å². The Hall–Kier alpha value is -0.730. The number of hydrogen-bond acceptors (Lipinski definition) is 7. The molecule has 0 amide bonds. The highest BCUT2D eigenvalue weighted by Gasteiger charge is 2.39. The maximum absolute atomic E-state index is 11.8. The predicted molar refractivity (Wildman–Crippen MR) is 129 cm³/mol. The number of carbonyl (C=O) groups excluding carboxylic acids is 1. The molecule has 2 aliphatic rings. The van der Waals surface area contributed by atoms with Crippen LogP contribution in [0.15, 0.2) is 0 Å². The Labute approximate surface area is 201 Å². The topological polar surface area (TPSA) is 109 Å². The van der Waals surface area contributed by atoms with Crippen LogP contribution in [0.3, 0.4) is 0 Å². The van der Waals surface area contributed by atoms with Crippen LogP contribution in [-0.2, 0) is 19.0 Å². The minimum Gasteiger partial charge on any atom is -0.463 e. The molecule has 0 aromatic heterocycles.